The second-order valence-corrected chi connectivity index (χ2v) is 9.03. The van der Waals surface area contributed by atoms with Gasteiger partial charge in [0.25, 0.3) is 0 Å². The fourth-order valence-corrected chi connectivity index (χ4v) is 4.93. The zero-order valence-corrected chi connectivity index (χ0v) is 19.0. The summed E-state index contributed by atoms with van der Waals surface area (Å²) in [5.41, 5.74) is 11.8. The number of fused-ring (bicyclic) bond motifs is 2. The Morgan fingerprint density at radius 3 is 2.57 bits per heavy atom. The minimum absolute atomic E-state index is 0.0456. The Bertz CT molecular complexity index is 1110. The summed E-state index contributed by atoms with van der Waals surface area (Å²) in [6.45, 7) is 0. The normalized spacial score (nSPS) is 25.3. The first-order valence-corrected chi connectivity index (χ1v) is 11.2. The van der Waals surface area contributed by atoms with Crippen LogP contribution >= 0.6 is 0 Å². The number of nitrogens with two attached hydrogens (primary N) is 2. The number of hydrogen-bond donors (Lipinski definition) is 3. The molecule has 0 saturated heterocycles. The van der Waals surface area contributed by atoms with Gasteiger partial charge in [0.15, 0.2) is 0 Å². The number of anilines is 1. The summed E-state index contributed by atoms with van der Waals surface area (Å²) in [6.07, 6.45) is -1.48. The first-order valence-electron chi connectivity index (χ1n) is 11.2. The van der Waals surface area contributed by atoms with Crippen molar-refractivity contribution in [2.75, 3.05) is 12.8 Å². The van der Waals surface area contributed by atoms with Gasteiger partial charge in [-0.05, 0) is 37.2 Å². The Morgan fingerprint density at radius 2 is 2.00 bits per heavy atom. The average molecular weight is 492 g/mol. The zero-order valence-electron chi connectivity index (χ0n) is 19.0. The Labute approximate surface area is 200 Å². The highest BCUT2D eigenvalue weighted by Crippen LogP contribution is 2.50. The van der Waals surface area contributed by atoms with E-state index in [0.717, 1.165) is 6.42 Å². The van der Waals surface area contributed by atoms with E-state index in [1.165, 1.54) is 13.2 Å². The maximum atomic E-state index is 14.2. The van der Waals surface area contributed by atoms with Crippen molar-refractivity contribution in [1.29, 1.82) is 0 Å². The number of ether oxygens (including phenoxy) is 2. The summed E-state index contributed by atoms with van der Waals surface area (Å²) in [7, 11) is 1.42. The summed E-state index contributed by atoms with van der Waals surface area (Å²) in [5, 5.41) is 8.97. The number of methoxy groups -OCH3 is 1. The number of allylic oxidation sites excluding steroid dienone is 1. The first kappa shape index (κ1) is 24.9. The van der Waals surface area contributed by atoms with Crippen molar-refractivity contribution in [3.8, 4) is 17.1 Å². The quantitative estimate of drug-likeness (QED) is 0.478. The van der Waals surface area contributed by atoms with Crippen molar-refractivity contribution in [1.82, 2.24) is 9.97 Å². The minimum Gasteiger partial charge on any atom is -0.480 e. The summed E-state index contributed by atoms with van der Waals surface area (Å²) in [6, 6.07) is 6.91. The molecule has 2 bridgehead atoms. The molecular formula is C24H27F3N4O4. The summed E-state index contributed by atoms with van der Waals surface area (Å²) < 4.78 is 53.7. The van der Waals surface area contributed by atoms with Crippen LogP contribution < -0.4 is 16.2 Å². The van der Waals surface area contributed by atoms with Crippen LogP contribution in [0.15, 0.2) is 42.5 Å². The number of carboxylic acid groups (broad SMARTS) is 1. The van der Waals surface area contributed by atoms with E-state index in [9.17, 15) is 18.0 Å². The first-order chi connectivity index (χ1) is 16.5. The number of nitrogen functional groups attached to an aromatic ring is 1. The van der Waals surface area contributed by atoms with Gasteiger partial charge in [-0.15, -0.1) is 0 Å². The van der Waals surface area contributed by atoms with Gasteiger partial charge in [-0.25, -0.2) is 4.98 Å². The molecule has 1 fully saturated rings. The third kappa shape index (κ3) is 5.25. The number of alkyl halides is 3. The number of benzene rings is 1. The molecular weight excluding hydrogens is 465 g/mol. The van der Waals surface area contributed by atoms with Crippen molar-refractivity contribution in [2.45, 2.75) is 49.6 Å². The number of rotatable bonds is 8. The Kier molecular flexibility index (Phi) is 6.74. The molecule has 1 saturated carbocycles. The van der Waals surface area contributed by atoms with Crippen LogP contribution in [0, 0.1) is 11.8 Å². The van der Waals surface area contributed by atoms with E-state index in [4.69, 9.17) is 26.0 Å². The van der Waals surface area contributed by atoms with Crippen molar-refractivity contribution >= 4 is 11.9 Å². The molecule has 5 rings (SSSR count). The van der Waals surface area contributed by atoms with Crippen LogP contribution in [-0.2, 0) is 16.0 Å². The van der Waals surface area contributed by atoms with Gasteiger partial charge in [0.2, 0.25) is 17.9 Å². The largest absolute Gasteiger partial charge is 0.480 e. The number of aliphatic carboxylic acids is 1. The van der Waals surface area contributed by atoms with Crippen LogP contribution in [0.25, 0.3) is 11.3 Å². The van der Waals surface area contributed by atoms with Crippen LogP contribution in [0.4, 0.5) is 19.1 Å². The van der Waals surface area contributed by atoms with E-state index < -0.39 is 35.8 Å². The molecule has 2 aromatic rings. The van der Waals surface area contributed by atoms with Crippen molar-refractivity contribution in [2.24, 2.45) is 17.6 Å². The summed E-state index contributed by atoms with van der Waals surface area (Å²) in [5.74, 6) is -2.53. The molecule has 3 aliphatic carbocycles. The molecule has 5 N–H and O–H groups in total. The van der Waals surface area contributed by atoms with Crippen LogP contribution in [0.1, 0.15) is 24.8 Å². The highest BCUT2D eigenvalue weighted by atomic mass is 19.4. The maximum Gasteiger partial charge on any atom is 0.425 e. The smallest absolute Gasteiger partial charge is 0.425 e. The third-order valence-corrected chi connectivity index (χ3v) is 6.80. The lowest BCUT2D eigenvalue weighted by atomic mass is 9.64. The lowest BCUT2D eigenvalue weighted by molar-refractivity contribution is -0.237. The van der Waals surface area contributed by atoms with E-state index in [2.05, 4.69) is 9.97 Å². The predicted octanol–water partition coefficient (Wildman–Crippen LogP) is 3.36. The van der Waals surface area contributed by atoms with Gasteiger partial charge < -0.3 is 26.0 Å². The maximum absolute atomic E-state index is 14.2. The highest BCUT2D eigenvalue weighted by molar-refractivity contribution is 5.73. The number of aromatic nitrogens is 2. The zero-order chi connectivity index (χ0) is 25.4. The predicted molar refractivity (Wildman–Crippen MR) is 121 cm³/mol. The summed E-state index contributed by atoms with van der Waals surface area (Å²) >= 11 is 0. The molecule has 0 radical (unpaired) electrons. The molecule has 0 spiro atoms. The van der Waals surface area contributed by atoms with E-state index in [1.807, 2.05) is 6.08 Å². The van der Waals surface area contributed by atoms with Crippen molar-refractivity contribution < 1.29 is 32.5 Å². The van der Waals surface area contributed by atoms with Gasteiger partial charge in [-0.2, -0.15) is 18.2 Å². The number of nitrogens with zero attached hydrogens (tertiary/aromatic N) is 2. The van der Waals surface area contributed by atoms with Crippen LogP contribution in [0.2, 0.25) is 0 Å². The molecule has 1 aromatic carbocycles. The number of carbonyl (C=O) groups is 1. The fourth-order valence-electron chi connectivity index (χ4n) is 4.93. The van der Waals surface area contributed by atoms with Crippen LogP contribution in [0.3, 0.4) is 0 Å². The molecule has 0 amide bonds. The minimum atomic E-state index is -4.66. The van der Waals surface area contributed by atoms with E-state index >= 15 is 0 Å². The van der Waals surface area contributed by atoms with Gasteiger partial charge in [0, 0.05) is 24.7 Å². The standard InChI is InChI=1S/C24H27F3N4O4/c1-34-23-8-6-14(7-9-23)10-16(23)20(24(25,26)27)35-19-12-18(30-22(29)31-19)15-4-2-13(3-5-15)11-17(28)21(32)33/h2-6,8,12,14,16-17,20H,7,9-11,28H2,1H3,(H,32,33)(H2,29,30,31). The van der Waals surface area contributed by atoms with Gasteiger partial charge in [0.1, 0.15) is 6.04 Å². The number of halogens is 3. The van der Waals surface area contributed by atoms with Gasteiger partial charge in [0.05, 0.1) is 11.3 Å². The third-order valence-electron chi connectivity index (χ3n) is 6.80. The molecule has 1 heterocycles. The molecule has 5 atom stereocenters. The SMILES string of the molecule is COC12C=CC(CC1)CC2C(Oc1cc(-c2ccc(CC(N)C(=O)O)cc2)nc(N)n1)C(F)(F)F. The number of carboxylic acids is 1. The summed E-state index contributed by atoms with van der Waals surface area (Å²) in [4.78, 5) is 19.0. The van der Waals surface area contributed by atoms with Gasteiger partial charge in [-0.1, -0.05) is 36.4 Å². The molecule has 1 aromatic heterocycles. The highest BCUT2D eigenvalue weighted by Gasteiger charge is 2.57. The second-order valence-electron chi connectivity index (χ2n) is 9.03. The molecule has 8 nitrogen and oxygen atoms in total. The molecule has 5 unspecified atom stereocenters. The molecule has 3 aliphatic rings. The lowest BCUT2D eigenvalue weighted by Gasteiger charge is -2.49. The van der Waals surface area contributed by atoms with E-state index in [-0.39, 0.29) is 29.9 Å². The van der Waals surface area contributed by atoms with Crippen LogP contribution in [0.5, 0.6) is 5.88 Å². The van der Waals surface area contributed by atoms with Crippen molar-refractivity contribution in [3.05, 3.63) is 48.0 Å². The Morgan fingerprint density at radius 1 is 1.29 bits per heavy atom. The van der Waals surface area contributed by atoms with Gasteiger partial charge in [-0.3, -0.25) is 4.79 Å². The van der Waals surface area contributed by atoms with E-state index in [1.54, 1.807) is 30.3 Å². The number of hydrogen-bond acceptors (Lipinski definition) is 7. The second kappa shape index (κ2) is 9.46. The van der Waals surface area contributed by atoms with Gasteiger partial charge >= 0.3 is 12.1 Å². The Balaban J connectivity index is 1.60. The monoisotopic (exact) mass is 492 g/mol. The molecule has 0 aliphatic heterocycles. The molecule has 188 valence electrons. The average Bonchev–Trinajstić information content (AvgIpc) is 2.82. The molecule has 35 heavy (non-hydrogen) atoms. The fraction of sp³-hybridized carbons (Fsp3) is 0.458. The molecule has 11 heteroatoms. The lowest BCUT2D eigenvalue weighted by Crippen LogP contribution is -2.56. The Hall–Kier alpha value is -3.18. The van der Waals surface area contributed by atoms with E-state index in [0.29, 0.717) is 24.0 Å². The van der Waals surface area contributed by atoms with Crippen LogP contribution in [-0.4, -0.2) is 52.1 Å². The van der Waals surface area contributed by atoms with Crippen molar-refractivity contribution in [3.63, 3.8) is 0 Å². The topological polar surface area (TPSA) is 134 Å².